The Balaban J connectivity index is 2.10. The first-order chi connectivity index (χ1) is 12.8. The highest BCUT2D eigenvalue weighted by Crippen LogP contribution is 2.39. The number of carbonyl (C=O) groups excluding carboxylic acids is 1. The lowest BCUT2D eigenvalue weighted by Crippen LogP contribution is -2.08. The predicted octanol–water partition coefficient (Wildman–Crippen LogP) is 6.57. The third-order valence-electron chi connectivity index (χ3n) is 5.14. The van der Waals surface area contributed by atoms with Crippen LogP contribution in [-0.2, 0) is 4.79 Å². The van der Waals surface area contributed by atoms with Crippen LogP contribution in [0.3, 0.4) is 0 Å². The van der Waals surface area contributed by atoms with Gasteiger partial charge >= 0.3 is 5.97 Å². The van der Waals surface area contributed by atoms with Crippen LogP contribution in [-0.4, -0.2) is 16.2 Å². The fraction of sp³-hybridized carbons (Fsp3) is 0.696. The molecule has 0 aliphatic carbocycles. The molecule has 4 nitrogen and oxygen atoms in total. The Labute approximate surface area is 164 Å². The Morgan fingerprint density at radius 2 is 1.41 bits per heavy atom. The molecule has 1 aromatic rings. The van der Waals surface area contributed by atoms with Crippen LogP contribution in [0.2, 0.25) is 0 Å². The Kier molecular flexibility index (Phi) is 10.9. The van der Waals surface area contributed by atoms with Crippen molar-refractivity contribution in [1.82, 2.24) is 0 Å². The Hall–Kier alpha value is -1.71. The van der Waals surface area contributed by atoms with Crippen LogP contribution in [0.5, 0.6) is 17.2 Å². The molecule has 0 fully saturated rings. The first-order valence-corrected chi connectivity index (χ1v) is 10.6. The minimum absolute atomic E-state index is 0.0399. The smallest absolute Gasteiger partial charge is 0.311 e. The van der Waals surface area contributed by atoms with Crippen molar-refractivity contribution >= 4 is 5.97 Å². The van der Waals surface area contributed by atoms with Crippen LogP contribution in [0.25, 0.3) is 0 Å². The average Bonchev–Trinajstić information content (AvgIpc) is 2.62. The molecule has 2 N–H and O–H groups in total. The summed E-state index contributed by atoms with van der Waals surface area (Å²) in [5.41, 5.74) is 1.37. The molecule has 1 aromatic carbocycles. The average molecular weight is 379 g/mol. The fourth-order valence-corrected chi connectivity index (χ4v) is 3.17. The van der Waals surface area contributed by atoms with Gasteiger partial charge in [-0.1, -0.05) is 71.6 Å². The van der Waals surface area contributed by atoms with Gasteiger partial charge in [-0.15, -0.1) is 0 Å². The number of ether oxygens (including phenoxy) is 1. The van der Waals surface area contributed by atoms with Crippen LogP contribution >= 0.6 is 0 Å². The Bertz CT molecular complexity index is 578. The third-order valence-corrected chi connectivity index (χ3v) is 5.14. The standard InChI is InChI=1S/C23H38O4/c1-17(2)14-12-10-8-6-5-7-9-11-13-15-21(24)27-20-16-18(3)19(4)22(25)23(20)26/h16-17,25-26H,5-15H2,1-4H3. The normalized spacial score (nSPS) is 11.1. The molecule has 0 heterocycles. The molecular formula is C23H38O4. The van der Waals surface area contributed by atoms with Crippen LogP contribution in [0.4, 0.5) is 0 Å². The number of phenols is 2. The van der Waals surface area contributed by atoms with E-state index in [0.29, 0.717) is 12.0 Å². The molecule has 0 amide bonds. The summed E-state index contributed by atoms with van der Waals surface area (Å²) >= 11 is 0. The highest BCUT2D eigenvalue weighted by atomic mass is 16.5. The quantitative estimate of drug-likeness (QED) is 0.176. The molecule has 154 valence electrons. The molecular weight excluding hydrogens is 340 g/mol. The van der Waals surface area contributed by atoms with Gasteiger partial charge in [0.1, 0.15) is 0 Å². The van der Waals surface area contributed by atoms with Gasteiger partial charge in [0.05, 0.1) is 0 Å². The molecule has 0 bridgehead atoms. The lowest BCUT2D eigenvalue weighted by atomic mass is 10.0. The Morgan fingerprint density at radius 3 is 1.96 bits per heavy atom. The number of hydrogen-bond acceptors (Lipinski definition) is 4. The van der Waals surface area contributed by atoms with Crippen molar-refractivity contribution in [2.24, 2.45) is 5.92 Å². The largest absolute Gasteiger partial charge is 0.504 e. The number of aryl methyl sites for hydroxylation is 1. The van der Waals surface area contributed by atoms with Gasteiger partial charge in [-0.3, -0.25) is 4.79 Å². The highest BCUT2D eigenvalue weighted by Gasteiger charge is 2.16. The zero-order valence-corrected chi connectivity index (χ0v) is 17.6. The maximum Gasteiger partial charge on any atom is 0.311 e. The number of rotatable bonds is 13. The molecule has 0 aliphatic rings. The van der Waals surface area contributed by atoms with Crippen molar-refractivity contribution < 1.29 is 19.7 Å². The minimum atomic E-state index is -0.363. The number of benzene rings is 1. The van der Waals surface area contributed by atoms with Crippen LogP contribution in [0.15, 0.2) is 6.07 Å². The molecule has 0 radical (unpaired) electrons. The van der Waals surface area contributed by atoms with Crippen molar-refractivity contribution in [3.63, 3.8) is 0 Å². The Morgan fingerprint density at radius 1 is 0.889 bits per heavy atom. The van der Waals surface area contributed by atoms with Gasteiger partial charge in [-0.25, -0.2) is 0 Å². The molecule has 0 atom stereocenters. The zero-order chi connectivity index (χ0) is 20.2. The number of carbonyl (C=O) groups is 1. The molecule has 0 spiro atoms. The number of unbranched alkanes of at least 4 members (excludes halogenated alkanes) is 8. The van der Waals surface area contributed by atoms with E-state index in [1.54, 1.807) is 19.9 Å². The summed E-state index contributed by atoms with van der Waals surface area (Å²) in [5, 5.41) is 19.7. The van der Waals surface area contributed by atoms with Gasteiger partial charge in [-0.2, -0.15) is 0 Å². The minimum Gasteiger partial charge on any atom is -0.504 e. The summed E-state index contributed by atoms with van der Waals surface area (Å²) in [6.07, 6.45) is 12.5. The van der Waals surface area contributed by atoms with Gasteiger partial charge in [0.25, 0.3) is 0 Å². The van der Waals surface area contributed by atoms with Crippen molar-refractivity contribution in [1.29, 1.82) is 0 Å². The predicted molar refractivity (Wildman–Crippen MR) is 111 cm³/mol. The lowest BCUT2D eigenvalue weighted by molar-refractivity contribution is -0.134. The topological polar surface area (TPSA) is 66.8 Å². The van der Waals surface area contributed by atoms with E-state index in [2.05, 4.69) is 13.8 Å². The number of esters is 1. The molecule has 27 heavy (non-hydrogen) atoms. The highest BCUT2D eigenvalue weighted by molar-refractivity contribution is 5.74. The van der Waals surface area contributed by atoms with Crippen LogP contribution in [0.1, 0.15) is 95.6 Å². The summed E-state index contributed by atoms with van der Waals surface area (Å²) < 4.78 is 5.21. The molecule has 4 heteroatoms. The second-order valence-corrected chi connectivity index (χ2v) is 8.10. The van der Waals surface area contributed by atoms with Crippen molar-refractivity contribution in [3.05, 3.63) is 17.2 Å². The number of phenolic OH excluding ortho intramolecular Hbond substituents is 2. The van der Waals surface area contributed by atoms with Crippen molar-refractivity contribution in [2.75, 3.05) is 0 Å². The maximum absolute atomic E-state index is 11.9. The van der Waals surface area contributed by atoms with Gasteiger partial charge in [0, 0.05) is 6.42 Å². The van der Waals surface area contributed by atoms with Crippen molar-refractivity contribution in [3.8, 4) is 17.2 Å². The molecule has 0 saturated carbocycles. The van der Waals surface area contributed by atoms with E-state index >= 15 is 0 Å². The molecule has 0 aromatic heterocycles. The summed E-state index contributed by atoms with van der Waals surface area (Å²) in [6.45, 7) is 8.08. The van der Waals surface area contributed by atoms with Gasteiger partial charge in [-0.05, 0) is 43.4 Å². The summed E-state index contributed by atoms with van der Waals surface area (Å²) in [4.78, 5) is 11.9. The second-order valence-electron chi connectivity index (χ2n) is 8.10. The number of aromatic hydroxyl groups is 2. The molecule has 0 unspecified atom stereocenters. The van der Waals surface area contributed by atoms with E-state index in [1.807, 2.05) is 0 Å². The van der Waals surface area contributed by atoms with E-state index in [4.69, 9.17) is 4.74 Å². The van der Waals surface area contributed by atoms with E-state index in [1.165, 1.54) is 44.9 Å². The van der Waals surface area contributed by atoms with Gasteiger partial charge in [0.15, 0.2) is 11.5 Å². The number of hydrogen-bond donors (Lipinski definition) is 2. The van der Waals surface area contributed by atoms with Crippen molar-refractivity contribution in [2.45, 2.75) is 98.3 Å². The van der Waals surface area contributed by atoms with E-state index in [9.17, 15) is 15.0 Å². The molecule has 0 saturated heterocycles. The summed E-state index contributed by atoms with van der Waals surface area (Å²) in [5.74, 6) is -0.0839. The third kappa shape index (κ3) is 9.16. The first kappa shape index (κ1) is 23.3. The second kappa shape index (κ2) is 12.6. The zero-order valence-electron chi connectivity index (χ0n) is 17.6. The van der Waals surface area contributed by atoms with Crippen LogP contribution < -0.4 is 4.74 Å². The van der Waals surface area contributed by atoms with E-state index in [0.717, 1.165) is 30.7 Å². The summed E-state index contributed by atoms with van der Waals surface area (Å²) in [6, 6.07) is 1.59. The SMILES string of the molecule is Cc1cc(OC(=O)CCCCCCCCCCCC(C)C)c(O)c(O)c1C. The summed E-state index contributed by atoms with van der Waals surface area (Å²) in [7, 11) is 0. The lowest BCUT2D eigenvalue weighted by Gasteiger charge is -2.11. The monoisotopic (exact) mass is 378 g/mol. The van der Waals surface area contributed by atoms with E-state index in [-0.39, 0.29) is 23.2 Å². The first-order valence-electron chi connectivity index (χ1n) is 10.6. The van der Waals surface area contributed by atoms with Crippen LogP contribution in [0, 0.1) is 19.8 Å². The van der Waals surface area contributed by atoms with Gasteiger partial charge in [0.2, 0.25) is 5.75 Å². The maximum atomic E-state index is 11.9. The van der Waals surface area contributed by atoms with Gasteiger partial charge < -0.3 is 14.9 Å². The fourth-order valence-electron chi connectivity index (χ4n) is 3.17. The van der Waals surface area contributed by atoms with E-state index < -0.39 is 0 Å². The molecule has 1 rings (SSSR count). The molecule has 0 aliphatic heterocycles.